The summed E-state index contributed by atoms with van der Waals surface area (Å²) < 4.78 is 0. The van der Waals surface area contributed by atoms with Crippen molar-refractivity contribution in [3.05, 3.63) is 12.2 Å². The lowest BCUT2D eigenvalue weighted by Crippen LogP contribution is -2.18. The first-order valence-corrected chi connectivity index (χ1v) is 27.5. The van der Waals surface area contributed by atoms with E-state index in [2.05, 4.69) is 39.8 Å². The van der Waals surface area contributed by atoms with Crippen LogP contribution in [0.25, 0.3) is 0 Å². The van der Waals surface area contributed by atoms with Gasteiger partial charge in [-0.3, -0.25) is 9.59 Å². The van der Waals surface area contributed by atoms with Crippen molar-refractivity contribution in [1.29, 1.82) is 0 Å². The van der Waals surface area contributed by atoms with E-state index in [0.717, 1.165) is 32.1 Å². The van der Waals surface area contributed by atoms with Gasteiger partial charge in [0, 0.05) is 6.42 Å². The first-order valence-electron chi connectivity index (χ1n) is 27.5. The summed E-state index contributed by atoms with van der Waals surface area (Å²) in [5.74, 6) is -0.683. The number of carbonyl (C=O) groups is 2. The van der Waals surface area contributed by atoms with Crippen LogP contribution in [0.1, 0.15) is 323 Å². The predicted molar refractivity (Wildman–Crippen MR) is 266 cm³/mol. The van der Waals surface area contributed by atoms with Gasteiger partial charge >= 0.3 is 11.9 Å². The number of allylic oxidation sites excluding steroid dienone is 2. The summed E-state index contributed by atoms with van der Waals surface area (Å²) in [5.41, 5.74) is 0. The number of hydrogen-bond acceptors (Lipinski definition) is 2. The second-order valence-corrected chi connectivity index (χ2v) is 19.1. The van der Waals surface area contributed by atoms with Crippen molar-refractivity contribution < 1.29 is 19.8 Å². The molecular formula is C56H110O4. The van der Waals surface area contributed by atoms with Crippen LogP contribution in [-0.4, -0.2) is 22.2 Å². The Hall–Kier alpha value is -1.32. The molecule has 0 saturated heterocycles. The molecule has 2 N–H and O–H groups in total. The molecule has 2 atom stereocenters. The SMILES string of the molecule is CCCCCCCC/C=C\CCCCCCCC(=O)O.CCCCCCCCCCCCC(CCCCCCCCCC)CC(CCCCCCCCCCCC)C(=O)O. The van der Waals surface area contributed by atoms with E-state index in [1.54, 1.807) is 0 Å². The Morgan fingerprint density at radius 1 is 0.350 bits per heavy atom. The summed E-state index contributed by atoms with van der Waals surface area (Å²) in [5, 5.41) is 18.5. The summed E-state index contributed by atoms with van der Waals surface area (Å²) in [6, 6.07) is 0. The largest absolute Gasteiger partial charge is 0.481 e. The van der Waals surface area contributed by atoms with E-state index in [1.807, 2.05) is 0 Å². The van der Waals surface area contributed by atoms with E-state index in [0.29, 0.717) is 12.3 Å². The van der Waals surface area contributed by atoms with Crippen LogP contribution in [0.3, 0.4) is 0 Å². The molecule has 0 aliphatic rings. The fourth-order valence-electron chi connectivity index (χ4n) is 8.84. The molecule has 0 aliphatic heterocycles. The first kappa shape index (κ1) is 60.8. The number of carboxylic acids is 2. The van der Waals surface area contributed by atoms with Crippen LogP contribution in [0, 0.1) is 11.8 Å². The third-order valence-electron chi connectivity index (χ3n) is 13.0. The number of carboxylic acid groups (broad SMARTS) is 2. The smallest absolute Gasteiger partial charge is 0.306 e. The van der Waals surface area contributed by atoms with Crippen LogP contribution in [0.15, 0.2) is 12.2 Å². The van der Waals surface area contributed by atoms with Gasteiger partial charge in [-0.15, -0.1) is 0 Å². The Balaban J connectivity index is 0. The first-order chi connectivity index (χ1) is 29.4. The minimum absolute atomic E-state index is 0.115. The molecule has 0 heterocycles. The molecule has 0 aromatic carbocycles. The molecule has 0 radical (unpaired) electrons. The van der Waals surface area contributed by atoms with Crippen LogP contribution in [0.2, 0.25) is 0 Å². The average Bonchev–Trinajstić information content (AvgIpc) is 3.23. The molecule has 0 fully saturated rings. The molecule has 0 amide bonds. The Kier molecular flexibility index (Phi) is 54.5. The third-order valence-corrected chi connectivity index (χ3v) is 13.0. The highest BCUT2D eigenvalue weighted by Crippen LogP contribution is 2.29. The average molecular weight is 847 g/mol. The van der Waals surface area contributed by atoms with Gasteiger partial charge in [0.1, 0.15) is 0 Å². The van der Waals surface area contributed by atoms with E-state index < -0.39 is 11.9 Å². The van der Waals surface area contributed by atoms with Crippen LogP contribution < -0.4 is 0 Å². The highest BCUT2D eigenvalue weighted by atomic mass is 16.4. The van der Waals surface area contributed by atoms with Gasteiger partial charge in [-0.1, -0.05) is 284 Å². The minimum atomic E-state index is -0.664. The molecule has 4 heteroatoms. The van der Waals surface area contributed by atoms with Crippen molar-refractivity contribution >= 4 is 11.9 Å². The lowest BCUT2D eigenvalue weighted by Gasteiger charge is -2.21. The summed E-state index contributed by atoms with van der Waals surface area (Å²) in [7, 11) is 0. The second-order valence-electron chi connectivity index (χ2n) is 19.1. The van der Waals surface area contributed by atoms with E-state index in [1.165, 1.54) is 257 Å². The molecule has 60 heavy (non-hydrogen) atoms. The van der Waals surface area contributed by atoms with Crippen molar-refractivity contribution in [3.63, 3.8) is 0 Å². The summed E-state index contributed by atoms with van der Waals surface area (Å²) in [4.78, 5) is 22.5. The zero-order valence-corrected chi connectivity index (χ0v) is 41.5. The summed E-state index contributed by atoms with van der Waals surface area (Å²) in [6.07, 6.45) is 63.5. The number of hydrogen-bond donors (Lipinski definition) is 2. The Morgan fingerprint density at radius 3 is 0.917 bits per heavy atom. The van der Waals surface area contributed by atoms with Crippen LogP contribution in [0.5, 0.6) is 0 Å². The molecule has 358 valence electrons. The van der Waals surface area contributed by atoms with Crippen LogP contribution in [0.4, 0.5) is 0 Å². The maximum Gasteiger partial charge on any atom is 0.306 e. The van der Waals surface area contributed by atoms with Gasteiger partial charge < -0.3 is 10.2 Å². The van der Waals surface area contributed by atoms with E-state index in [9.17, 15) is 14.7 Å². The Labute approximate surface area is 377 Å². The monoisotopic (exact) mass is 847 g/mol. The van der Waals surface area contributed by atoms with Gasteiger partial charge in [0.2, 0.25) is 0 Å². The summed E-state index contributed by atoms with van der Waals surface area (Å²) in [6.45, 7) is 9.12. The van der Waals surface area contributed by atoms with Crippen LogP contribution in [-0.2, 0) is 9.59 Å². The Bertz CT molecular complexity index is 852. The normalized spacial score (nSPS) is 12.5. The van der Waals surface area contributed by atoms with Gasteiger partial charge in [0.05, 0.1) is 5.92 Å². The molecule has 0 bridgehead atoms. The molecule has 0 aromatic heterocycles. The fraction of sp³-hybridized carbons (Fsp3) is 0.929. The van der Waals surface area contributed by atoms with Gasteiger partial charge in [-0.2, -0.15) is 0 Å². The predicted octanol–water partition coefficient (Wildman–Crippen LogP) is 20.0. The quantitative estimate of drug-likeness (QED) is 0.0472. The second kappa shape index (κ2) is 53.8. The van der Waals surface area contributed by atoms with E-state index >= 15 is 0 Å². The Morgan fingerprint density at radius 2 is 0.617 bits per heavy atom. The molecule has 0 saturated carbocycles. The van der Waals surface area contributed by atoms with Gasteiger partial charge in [0.15, 0.2) is 0 Å². The standard InChI is InChI=1S/C38H76O2.C18H34O2/c1-4-7-10-13-16-19-21-24-27-30-33-36(32-29-26-23-18-15-12-9-6-3)35-37(38(39)40)34-31-28-25-22-20-17-14-11-8-5-2;1-2-3-4-5-6-7-8-9-10-11-12-13-14-15-16-17-18(19)20/h36-37H,4-35H2,1-3H3,(H,39,40);9-10H,2-8,11-17H2,1H3,(H,19,20)/b;10-9-. The fourth-order valence-corrected chi connectivity index (χ4v) is 8.84. The van der Waals surface area contributed by atoms with E-state index in [4.69, 9.17) is 5.11 Å². The van der Waals surface area contributed by atoms with Crippen molar-refractivity contribution in [3.8, 4) is 0 Å². The number of unbranched alkanes of at least 4 members (excludes halogenated alkanes) is 36. The maximum atomic E-state index is 12.2. The zero-order chi connectivity index (χ0) is 44.3. The third kappa shape index (κ3) is 52.8. The van der Waals surface area contributed by atoms with Gasteiger partial charge in [-0.25, -0.2) is 0 Å². The molecule has 0 aromatic rings. The number of aliphatic carboxylic acids is 2. The van der Waals surface area contributed by atoms with Gasteiger partial charge in [0.25, 0.3) is 0 Å². The highest BCUT2D eigenvalue weighted by molar-refractivity contribution is 5.69. The minimum Gasteiger partial charge on any atom is -0.481 e. The maximum absolute atomic E-state index is 12.2. The summed E-state index contributed by atoms with van der Waals surface area (Å²) >= 11 is 0. The van der Waals surface area contributed by atoms with Gasteiger partial charge in [-0.05, 0) is 50.9 Å². The molecular weight excluding hydrogens is 737 g/mol. The lowest BCUT2D eigenvalue weighted by atomic mass is 9.84. The molecule has 0 rings (SSSR count). The molecule has 0 spiro atoms. The highest BCUT2D eigenvalue weighted by Gasteiger charge is 2.22. The van der Waals surface area contributed by atoms with Crippen molar-refractivity contribution in [2.24, 2.45) is 11.8 Å². The lowest BCUT2D eigenvalue weighted by molar-refractivity contribution is -0.142. The van der Waals surface area contributed by atoms with E-state index in [-0.39, 0.29) is 5.92 Å². The topological polar surface area (TPSA) is 74.6 Å². The number of rotatable bonds is 49. The van der Waals surface area contributed by atoms with Crippen molar-refractivity contribution in [1.82, 2.24) is 0 Å². The van der Waals surface area contributed by atoms with Crippen molar-refractivity contribution in [2.45, 2.75) is 323 Å². The molecule has 4 nitrogen and oxygen atoms in total. The molecule has 0 aliphatic carbocycles. The van der Waals surface area contributed by atoms with Crippen LogP contribution >= 0.6 is 0 Å². The molecule has 2 unspecified atom stereocenters. The van der Waals surface area contributed by atoms with Crippen molar-refractivity contribution in [2.75, 3.05) is 0 Å². The zero-order valence-electron chi connectivity index (χ0n) is 41.5.